The Kier molecular flexibility index (Phi) is 4.20. The topological polar surface area (TPSA) is 65.4 Å². The molecule has 0 aliphatic carbocycles. The van der Waals surface area contributed by atoms with Crippen LogP contribution < -0.4 is 5.32 Å². The molecule has 2 fully saturated rings. The van der Waals surface area contributed by atoms with E-state index in [1.807, 2.05) is 0 Å². The van der Waals surface area contributed by atoms with Crippen molar-refractivity contribution in [2.75, 3.05) is 26.3 Å². The lowest BCUT2D eigenvalue weighted by atomic mass is 9.76. The Labute approximate surface area is 108 Å². The van der Waals surface area contributed by atoms with Crippen LogP contribution in [-0.2, 0) is 9.53 Å². The number of piperidine rings is 1. The number of ether oxygens (including phenoxy) is 1. The number of rotatable bonds is 2. The molecule has 0 aromatic heterocycles. The minimum Gasteiger partial charge on any atom is -0.379 e. The molecule has 2 aliphatic heterocycles. The number of nitrogens with one attached hydrogen (secondary N) is 1. The smallest absolute Gasteiger partial charge is 0.238 e. The molecule has 5 heteroatoms. The van der Waals surface area contributed by atoms with Crippen LogP contribution in [0.4, 0.5) is 0 Å². The molecular weight excluding hydrogens is 230 g/mol. The predicted octanol–water partition coefficient (Wildman–Crippen LogP) is 0.577. The third kappa shape index (κ3) is 2.36. The lowest BCUT2D eigenvalue weighted by molar-refractivity contribution is -0.135. The van der Waals surface area contributed by atoms with Crippen molar-refractivity contribution in [3.63, 3.8) is 0 Å². The molecule has 2 saturated heterocycles. The highest BCUT2D eigenvalue weighted by atomic mass is 16.5. The first-order chi connectivity index (χ1) is 8.69. The van der Waals surface area contributed by atoms with Gasteiger partial charge in [0.2, 0.25) is 5.91 Å². The summed E-state index contributed by atoms with van der Waals surface area (Å²) in [6, 6.07) is 2.15. The van der Waals surface area contributed by atoms with E-state index >= 15 is 0 Å². The second-order valence-corrected chi connectivity index (χ2v) is 5.14. The van der Waals surface area contributed by atoms with Gasteiger partial charge in [0.15, 0.2) is 0 Å². The Hall–Kier alpha value is -1.12. The van der Waals surface area contributed by atoms with Gasteiger partial charge in [0.05, 0.1) is 25.4 Å². The number of nitrogens with zero attached hydrogens (tertiary/aromatic N) is 2. The van der Waals surface area contributed by atoms with Gasteiger partial charge in [0.25, 0.3) is 0 Å². The first-order valence-corrected chi connectivity index (χ1v) is 6.70. The fraction of sp³-hybridized carbons (Fsp3) is 0.846. The van der Waals surface area contributed by atoms with E-state index in [0.29, 0.717) is 5.92 Å². The minimum atomic E-state index is -0.498. The van der Waals surface area contributed by atoms with Gasteiger partial charge in [0, 0.05) is 13.1 Å². The minimum absolute atomic E-state index is 0.0518. The molecule has 0 bridgehead atoms. The van der Waals surface area contributed by atoms with Crippen LogP contribution in [0.15, 0.2) is 0 Å². The van der Waals surface area contributed by atoms with Crippen LogP contribution in [0.25, 0.3) is 0 Å². The van der Waals surface area contributed by atoms with Crippen molar-refractivity contribution in [3.05, 3.63) is 0 Å². The van der Waals surface area contributed by atoms with Crippen molar-refractivity contribution < 1.29 is 9.53 Å². The van der Waals surface area contributed by atoms with Crippen LogP contribution in [0.5, 0.6) is 0 Å². The van der Waals surface area contributed by atoms with Gasteiger partial charge in [-0.1, -0.05) is 20.3 Å². The van der Waals surface area contributed by atoms with Gasteiger partial charge in [-0.05, 0) is 11.8 Å². The maximum absolute atomic E-state index is 12.0. The molecule has 5 nitrogen and oxygen atoms in total. The highest BCUT2D eigenvalue weighted by Gasteiger charge is 2.43. The summed E-state index contributed by atoms with van der Waals surface area (Å²) < 4.78 is 5.34. The molecule has 0 aromatic rings. The molecule has 2 heterocycles. The molecule has 1 N–H and O–H groups in total. The van der Waals surface area contributed by atoms with Gasteiger partial charge in [-0.2, -0.15) is 5.26 Å². The third-order valence-electron chi connectivity index (χ3n) is 4.22. The second-order valence-electron chi connectivity index (χ2n) is 5.14. The maximum atomic E-state index is 12.0. The molecule has 0 radical (unpaired) electrons. The van der Waals surface area contributed by atoms with Gasteiger partial charge < -0.3 is 10.1 Å². The van der Waals surface area contributed by atoms with E-state index in [-0.39, 0.29) is 18.0 Å². The number of morpholine rings is 1. The first kappa shape index (κ1) is 13.3. The zero-order chi connectivity index (χ0) is 13.1. The van der Waals surface area contributed by atoms with Gasteiger partial charge in [-0.25, -0.2) is 0 Å². The van der Waals surface area contributed by atoms with Crippen molar-refractivity contribution in [2.24, 2.45) is 17.8 Å². The fourth-order valence-corrected chi connectivity index (χ4v) is 3.14. The van der Waals surface area contributed by atoms with Crippen LogP contribution in [-0.4, -0.2) is 43.3 Å². The van der Waals surface area contributed by atoms with Crippen molar-refractivity contribution in [1.29, 1.82) is 5.26 Å². The Morgan fingerprint density at radius 2 is 2.17 bits per heavy atom. The average Bonchev–Trinajstić information content (AvgIpc) is 2.41. The van der Waals surface area contributed by atoms with E-state index in [1.54, 1.807) is 0 Å². The molecule has 2 aliphatic rings. The Morgan fingerprint density at radius 3 is 2.72 bits per heavy atom. The maximum Gasteiger partial charge on any atom is 0.238 e. The quantitative estimate of drug-likeness (QED) is 0.779. The highest BCUT2D eigenvalue weighted by Crippen LogP contribution is 2.32. The van der Waals surface area contributed by atoms with E-state index in [2.05, 4.69) is 30.1 Å². The van der Waals surface area contributed by atoms with Crippen LogP contribution in [0.2, 0.25) is 0 Å². The van der Waals surface area contributed by atoms with E-state index in [4.69, 9.17) is 10.00 Å². The second kappa shape index (κ2) is 5.68. The molecule has 0 saturated carbocycles. The van der Waals surface area contributed by atoms with Crippen LogP contribution in [0.3, 0.4) is 0 Å². The largest absolute Gasteiger partial charge is 0.379 e. The van der Waals surface area contributed by atoms with Crippen molar-refractivity contribution in [1.82, 2.24) is 10.2 Å². The van der Waals surface area contributed by atoms with E-state index in [1.165, 1.54) is 0 Å². The molecule has 0 spiro atoms. The number of nitriles is 1. The number of carbonyl (C=O) groups excluding carboxylic acids is 1. The fourth-order valence-electron chi connectivity index (χ4n) is 3.14. The molecule has 2 rings (SSSR count). The zero-order valence-corrected chi connectivity index (χ0v) is 11.1. The summed E-state index contributed by atoms with van der Waals surface area (Å²) in [5.74, 6) is -0.159. The summed E-state index contributed by atoms with van der Waals surface area (Å²) in [6.07, 6.45) is 0.921. The van der Waals surface area contributed by atoms with Crippen LogP contribution >= 0.6 is 0 Å². The van der Waals surface area contributed by atoms with E-state index < -0.39 is 5.92 Å². The first-order valence-electron chi connectivity index (χ1n) is 6.70. The summed E-state index contributed by atoms with van der Waals surface area (Å²) in [6.45, 7) is 7.33. The van der Waals surface area contributed by atoms with Gasteiger partial charge in [-0.15, -0.1) is 0 Å². The molecule has 4 atom stereocenters. The molecule has 0 aromatic carbocycles. The van der Waals surface area contributed by atoms with Gasteiger partial charge in [-0.3, -0.25) is 9.69 Å². The molecule has 1 amide bonds. The molecular formula is C13H21N3O2. The average molecular weight is 251 g/mol. The van der Waals surface area contributed by atoms with Crippen molar-refractivity contribution in [3.8, 4) is 6.07 Å². The van der Waals surface area contributed by atoms with Gasteiger partial charge >= 0.3 is 0 Å². The number of hydrogen-bond acceptors (Lipinski definition) is 4. The van der Waals surface area contributed by atoms with E-state index in [9.17, 15) is 4.79 Å². The Balaban J connectivity index is 2.13. The van der Waals surface area contributed by atoms with Crippen molar-refractivity contribution >= 4 is 5.91 Å². The molecule has 18 heavy (non-hydrogen) atoms. The summed E-state index contributed by atoms with van der Waals surface area (Å²) in [5, 5.41) is 12.1. The zero-order valence-electron chi connectivity index (χ0n) is 11.1. The Bertz CT molecular complexity index is 347. The summed E-state index contributed by atoms with van der Waals surface area (Å²) >= 11 is 0. The van der Waals surface area contributed by atoms with Crippen molar-refractivity contribution in [2.45, 2.75) is 26.4 Å². The predicted molar refractivity (Wildman–Crippen MR) is 66.4 cm³/mol. The number of amides is 1. The number of carbonyl (C=O) groups is 1. The summed E-state index contributed by atoms with van der Waals surface area (Å²) in [7, 11) is 0. The normalized spacial score (nSPS) is 37.9. The lowest BCUT2D eigenvalue weighted by Crippen LogP contribution is -2.62. The SMILES string of the molecule is CC[C@H]1[C@H](C)[C@H](N2CCOCC2)NC(=O)[C@@H]1C#N. The molecule has 0 unspecified atom stereocenters. The van der Waals surface area contributed by atoms with Gasteiger partial charge in [0.1, 0.15) is 5.92 Å². The summed E-state index contributed by atoms with van der Waals surface area (Å²) in [5.41, 5.74) is 0. The van der Waals surface area contributed by atoms with Crippen LogP contribution in [0.1, 0.15) is 20.3 Å². The summed E-state index contributed by atoms with van der Waals surface area (Å²) in [4.78, 5) is 14.3. The number of hydrogen-bond donors (Lipinski definition) is 1. The Morgan fingerprint density at radius 1 is 1.50 bits per heavy atom. The van der Waals surface area contributed by atoms with E-state index in [0.717, 1.165) is 32.7 Å². The standard InChI is InChI=1S/C13H21N3O2/c1-3-10-9(2)12(15-13(17)11(10)8-14)16-4-6-18-7-5-16/h9-12H,3-7H2,1-2H3,(H,15,17)/t9-,10-,11+,12-/m0/s1. The molecule has 100 valence electrons. The monoisotopic (exact) mass is 251 g/mol. The highest BCUT2D eigenvalue weighted by molar-refractivity contribution is 5.82. The lowest BCUT2D eigenvalue weighted by Gasteiger charge is -2.45. The van der Waals surface area contributed by atoms with Crippen LogP contribution in [0, 0.1) is 29.1 Å². The third-order valence-corrected chi connectivity index (χ3v) is 4.22.